The minimum absolute atomic E-state index is 0.250. The van der Waals surface area contributed by atoms with Crippen LogP contribution in [0, 0.1) is 5.82 Å². The summed E-state index contributed by atoms with van der Waals surface area (Å²) >= 11 is 0. The Bertz CT molecular complexity index is 538. The molecule has 4 nitrogen and oxygen atoms in total. The first-order valence-corrected chi connectivity index (χ1v) is 6.22. The van der Waals surface area contributed by atoms with Crippen molar-refractivity contribution in [3.05, 3.63) is 53.9 Å². The van der Waals surface area contributed by atoms with Crippen LogP contribution in [0.15, 0.2) is 36.7 Å². The van der Waals surface area contributed by atoms with Gasteiger partial charge in [-0.3, -0.25) is 4.90 Å². The minimum Gasteiger partial charge on any atom is -0.337 e. The summed E-state index contributed by atoms with van der Waals surface area (Å²) in [6, 6.07) is 6.30. The fraction of sp³-hybridized carbons (Fsp3) is 0.357. The molecule has 0 aliphatic rings. The molecule has 1 unspecified atom stereocenters. The average Bonchev–Trinajstić information content (AvgIpc) is 2.75. The van der Waals surface area contributed by atoms with Crippen LogP contribution in [0.3, 0.4) is 0 Å². The van der Waals surface area contributed by atoms with Gasteiger partial charge >= 0.3 is 0 Å². The number of hydrogen-bond donors (Lipinski definition) is 1. The van der Waals surface area contributed by atoms with Gasteiger partial charge in [0, 0.05) is 37.6 Å². The molecule has 19 heavy (non-hydrogen) atoms. The SMILES string of the molecule is CN(Cc1nccn1C)CC(N)c1ccccc1F. The molecule has 0 bridgehead atoms. The third kappa shape index (κ3) is 3.39. The van der Waals surface area contributed by atoms with E-state index in [0.29, 0.717) is 18.7 Å². The largest absolute Gasteiger partial charge is 0.337 e. The zero-order valence-corrected chi connectivity index (χ0v) is 11.3. The lowest BCUT2D eigenvalue weighted by Crippen LogP contribution is -2.30. The van der Waals surface area contributed by atoms with E-state index in [4.69, 9.17) is 5.73 Å². The Morgan fingerprint density at radius 3 is 2.79 bits per heavy atom. The highest BCUT2D eigenvalue weighted by Gasteiger charge is 2.14. The van der Waals surface area contributed by atoms with Crippen molar-refractivity contribution in [1.29, 1.82) is 0 Å². The molecule has 2 aromatic rings. The number of likely N-dealkylation sites (N-methyl/N-ethyl adjacent to an activating group) is 1. The van der Waals surface area contributed by atoms with Gasteiger partial charge in [0.1, 0.15) is 11.6 Å². The van der Waals surface area contributed by atoms with Crippen LogP contribution in [0.2, 0.25) is 0 Å². The van der Waals surface area contributed by atoms with E-state index >= 15 is 0 Å². The number of nitrogens with two attached hydrogens (primary N) is 1. The van der Waals surface area contributed by atoms with Crippen LogP contribution in [-0.2, 0) is 13.6 Å². The zero-order chi connectivity index (χ0) is 13.8. The number of rotatable bonds is 5. The number of hydrogen-bond acceptors (Lipinski definition) is 3. The number of aromatic nitrogens is 2. The van der Waals surface area contributed by atoms with Crippen LogP contribution in [0.25, 0.3) is 0 Å². The molecule has 0 aliphatic carbocycles. The van der Waals surface area contributed by atoms with Gasteiger partial charge in [0.25, 0.3) is 0 Å². The standard InChI is InChI=1S/C14H19FN4/c1-18(10-14-17-7-8-19(14)2)9-13(16)11-5-3-4-6-12(11)15/h3-8,13H,9-10,16H2,1-2H3. The number of imidazole rings is 1. The van der Waals surface area contributed by atoms with Crippen LogP contribution < -0.4 is 5.73 Å². The molecule has 1 atom stereocenters. The predicted octanol–water partition coefficient (Wildman–Crippen LogP) is 1.69. The van der Waals surface area contributed by atoms with Gasteiger partial charge < -0.3 is 10.3 Å². The van der Waals surface area contributed by atoms with Crippen LogP contribution in [-0.4, -0.2) is 28.0 Å². The Balaban J connectivity index is 1.97. The maximum Gasteiger partial charge on any atom is 0.128 e. The molecule has 0 saturated carbocycles. The maximum atomic E-state index is 13.6. The molecule has 0 spiro atoms. The van der Waals surface area contributed by atoms with Gasteiger partial charge in [-0.25, -0.2) is 9.37 Å². The fourth-order valence-electron chi connectivity index (χ4n) is 2.06. The van der Waals surface area contributed by atoms with E-state index in [1.54, 1.807) is 24.4 Å². The summed E-state index contributed by atoms with van der Waals surface area (Å²) < 4.78 is 15.6. The van der Waals surface area contributed by atoms with Gasteiger partial charge in [-0.2, -0.15) is 0 Å². The number of nitrogens with zero attached hydrogens (tertiary/aromatic N) is 3. The van der Waals surface area contributed by atoms with Crippen molar-refractivity contribution in [2.45, 2.75) is 12.6 Å². The van der Waals surface area contributed by atoms with Crippen molar-refractivity contribution in [3.63, 3.8) is 0 Å². The van der Waals surface area contributed by atoms with Crippen molar-refractivity contribution >= 4 is 0 Å². The third-order valence-electron chi connectivity index (χ3n) is 3.15. The molecule has 2 rings (SSSR count). The topological polar surface area (TPSA) is 47.1 Å². The highest BCUT2D eigenvalue weighted by Crippen LogP contribution is 2.15. The molecule has 1 aromatic heterocycles. The Hall–Kier alpha value is -1.72. The zero-order valence-electron chi connectivity index (χ0n) is 11.3. The second-order valence-corrected chi connectivity index (χ2v) is 4.78. The Kier molecular flexibility index (Phi) is 4.29. The van der Waals surface area contributed by atoms with Gasteiger partial charge in [-0.05, 0) is 13.1 Å². The van der Waals surface area contributed by atoms with Crippen molar-refractivity contribution in [1.82, 2.24) is 14.5 Å². The summed E-state index contributed by atoms with van der Waals surface area (Å²) in [4.78, 5) is 6.30. The lowest BCUT2D eigenvalue weighted by Gasteiger charge is -2.21. The fourth-order valence-corrected chi connectivity index (χ4v) is 2.06. The smallest absolute Gasteiger partial charge is 0.128 e. The molecular weight excluding hydrogens is 243 g/mol. The third-order valence-corrected chi connectivity index (χ3v) is 3.15. The van der Waals surface area contributed by atoms with Gasteiger partial charge in [0.15, 0.2) is 0 Å². The normalized spacial score (nSPS) is 12.9. The van der Waals surface area contributed by atoms with E-state index in [0.717, 1.165) is 5.82 Å². The highest BCUT2D eigenvalue weighted by atomic mass is 19.1. The summed E-state index contributed by atoms with van der Waals surface area (Å²) in [5, 5.41) is 0. The Morgan fingerprint density at radius 1 is 1.42 bits per heavy atom. The van der Waals surface area contributed by atoms with Gasteiger partial charge in [0.2, 0.25) is 0 Å². The first-order chi connectivity index (χ1) is 9.08. The van der Waals surface area contributed by atoms with E-state index in [-0.39, 0.29) is 11.9 Å². The van der Waals surface area contributed by atoms with E-state index < -0.39 is 0 Å². The molecule has 0 radical (unpaired) electrons. The van der Waals surface area contributed by atoms with Crippen molar-refractivity contribution in [2.75, 3.05) is 13.6 Å². The molecular formula is C14H19FN4. The number of benzene rings is 1. The summed E-state index contributed by atoms with van der Waals surface area (Å²) in [5.41, 5.74) is 6.61. The molecule has 0 saturated heterocycles. The molecule has 5 heteroatoms. The van der Waals surface area contributed by atoms with Crippen molar-refractivity contribution in [3.8, 4) is 0 Å². The molecule has 0 fully saturated rings. The van der Waals surface area contributed by atoms with Crippen LogP contribution in [0.5, 0.6) is 0 Å². The van der Waals surface area contributed by atoms with E-state index in [9.17, 15) is 4.39 Å². The Morgan fingerprint density at radius 2 is 2.16 bits per heavy atom. The summed E-state index contributed by atoms with van der Waals surface area (Å²) in [6.07, 6.45) is 3.67. The Labute approximate surface area is 112 Å². The average molecular weight is 262 g/mol. The molecule has 1 aromatic carbocycles. The number of aryl methyl sites for hydroxylation is 1. The predicted molar refractivity (Wildman–Crippen MR) is 72.9 cm³/mol. The lowest BCUT2D eigenvalue weighted by molar-refractivity contribution is 0.292. The van der Waals surface area contributed by atoms with Crippen LogP contribution >= 0.6 is 0 Å². The molecule has 0 aliphatic heterocycles. The van der Waals surface area contributed by atoms with Gasteiger partial charge in [-0.15, -0.1) is 0 Å². The monoisotopic (exact) mass is 262 g/mol. The number of halogens is 1. The first kappa shape index (κ1) is 13.7. The van der Waals surface area contributed by atoms with Crippen molar-refractivity contribution < 1.29 is 4.39 Å². The summed E-state index contributed by atoms with van der Waals surface area (Å²) in [5.74, 6) is 0.712. The van der Waals surface area contributed by atoms with E-state index in [1.807, 2.05) is 29.8 Å². The van der Waals surface area contributed by atoms with Crippen LogP contribution in [0.4, 0.5) is 4.39 Å². The molecule has 1 heterocycles. The quantitative estimate of drug-likeness (QED) is 0.892. The second kappa shape index (κ2) is 5.95. The maximum absolute atomic E-state index is 13.6. The lowest BCUT2D eigenvalue weighted by atomic mass is 10.1. The summed E-state index contributed by atoms with van der Waals surface area (Å²) in [6.45, 7) is 1.26. The second-order valence-electron chi connectivity index (χ2n) is 4.78. The molecule has 102 valence electrons. The summed E-state index contributed by atoms with van der Waals surface area (Å²) in [7, 11) is 3.91. The van der Waals surface area contributed by atoms with E-state index in [2.05, 4.69) is 4.98 Å². The minimum atomic E-state index is -0.341. The van der Waals surface area contributed by atoms with Gasteiger partial charge in [0.05, 0.1) is 6.54 Å². The van der Waals surface area contributed by atoms with Gasteiger partial charge in [-0.1, -0.05) is 18.2 Å². The molecule has 2 N–H and O–H groups in total. The van der Waals surface area contributed by atoms with Crippen molar-refractivity contribution in [2.24, 2.45) is 12.8 Å². The highest BCUT2D eigenvalue weighted by molar-refractivity contribution is 5.21. The van der Waals surface area contributed by atoms with Crippen LogP contribution in [0.1, 0.15) is 17.4 Å². The van der Waals surface area contributed by atoms with E-state index in [1.165, 1.54) is 6.07 Å². The molecule has 0 amide bonds. The first-order valence-electron chi connectivity index (χ1n) is 6.22.